The number of benzene rings is 4. The zero-order valence-electron chi connectivity index (χ0n) is 40.4. The average Bonchev–Trinajstić information content (AvgIpc) is 3.30. The van der Waals surface area contributed by atoms with Gasteiger partial charge < -0.3 is 20.8 Å². The summed E-state index contributed by atoms with van der Waals surface area (Å²) in [6, 6.07) is 27.3. The quantitative estimate of drug-likeness (QED) is 0.0290. The lowest BCUT2D eigenvalue weighted by molar-refractivity contribution is -0.149. The van der Waals surface area contributed by atoms with Crippen molar-refractivity contribution >= 4 is 33.4 Å². The van der Waals surface area contributed by atoms with E-state index in [2.05, 4.69) is 86.9 Å². The third-order valence-corrected chi connectivity index (χ3v) is 14.0. The molecular formula is C57H86N2O4. The Hall–Kier alpha value is -3.74. The summed E-state index contributed by atoms with van der Waals surface area (Å²) in [4.78, 5) is 31.5. The molecule has 0 fully saturated rings. The normalized spacial score (nSPS) is 13.3. The third kappa shape index (κ3) is 14.1. The number of nitrogens with one attached hydrogen (secondary N) is 2. The zero-order chi connectivity index (χ0) is 45.6. The summed E-state index contributed by atoms with van der Waals surface area (Å²) < 4.78 is 0. The molecule has 4 rings (SSSR count). The highest BCUT2D eigenvalue weighted by atomic mass is 16.3. The number of aliphatic hydroxyl groups is 2. The van der Waals surface area contributed by atoms with Crippen LogP contribution in [-0.2, 0) is 9.59 Å². The van der Waals surface area contributed by atoms with Gasteiger partial charge in [-0.1, -0.05) is 242 Å². The van der Waals surface area contributed by atoms with E-state index in [0.717, 1.165) is 135 Å². The first-order valence-corrected chi connectivity index (χ1v) is 25.6. The maximum atomic E-state index is 15.7. The highest BCUT2D eigenvalue weighted by molar-refractivity contribution is 6.05. The summed E-state index contributed by atoms with van der Waals surface area (Å²) in [7, 11) is 0. The first kappa shape index (κ1) is 51.9. The molecule has 0 unspecified atom stereocenters. The molecule has 4 aromatic carbocycles. The molecule has 348 valence electrons. The predicted octanol–water partition coefficient (Wildman–Crippen LogP) is 14.9. The summed E-state index contributed by atoms with van der Waals surface area (Å²) in [6.45, 7) is 12.9. The molecule has 63 heavy (non-hydrogen) atoms. The number of fused-ring (bicyclic) bond motifs is 2. The molecule has 0 aliphatic heterocycles. The van der Waals surface area contributed by atoms with Crippen molar-refractivity contribution in [1.29, 1.82) is 0 Å². The van der Waals surface area contributed by atoms with E-state index in [1.54, 1.807) is 0 Å². The van der Waals surface area contributed by atoms with Gasteiger partial charge in [0.1, 0.15) is 5.41 Å². The van der Waals surface area contributed by atoms with Gasteiger partial charge in [0, 0.05) is 0 Å². The molecule has 4 N–H and O–H groups in total. The maximum absolute atomic E-state index is 15.7. The number of unbranched alkanes of at least 4 members (excludes halogenated alkanes) is 12. The van der Waals surface area contributed by atoms with Crippen molar-refractivity contribution < 1.29 is 19.8 Å². The molecule has 0 saturated carbocycles. The van der Waals surface area contributed by atoms with Gasteiger partial charge in [-0.25, -0.2) is 0 Å². The molecular weight excluding hydrogens is 777 g/mol. The monoisotopic (exact) mass is 863 g/mol. The Balaban J connectivity index is 1.89. The molecule has 0 aliphatic rings. The number of amides is 2. The van der Waals surface area contributed by atoms with Gasteiger partial charge in [-0.05, 0) is 71.2 Å². The molecule has 0 radical (unpaired) electrons. The standard InChI is InChI=1S/C57H86N2O4/c1-7-13-17-25-41-56(62,42-26-18-14-8-2)51(49-37-29-33-45-31-21-23-35-47(45)49)58-53(60)55(39-11-5,40-12-6)54(61)59-52(50-38-30-34-46-32-22-24-36-48(46)50)57(63,43-27-19-15-9-3)44-28-20-16-10-4/h21-24,29-38,51-52,62-63H,7-20,25-28,39-44H2,1-6H3,(H,58,60)(H,59,61)/t51-,52-/m0/s1. The smallest absolute Gasteiger partial charge is 0.236 e. The molecule has 2 atom stereocenters. The Labute approximate surface area is 382 Å². The fourth-order valence-corrected chi connectivity index (χ4v) is 10.3. The van der Waals surface area contributed by atoms with Crippen LogP contribution in [0.15, 0.2) is 84.9 Å². The summed E-state index contributed by atoms with van der Waals surface area (Å²) >= 11 is 0. The van der Waals surface area contributed by atoms with Gasteiger partial charge in [0.2, 0.25) is 11.8 Å². The predicted molar refractivity (Wildman–Crippen MR) is 267 cm³/mol. The van der Waals surface area contributed by atoms with Crippen molar-refractivity contribution in [2.45, 2.75) is 219 Å². The molecule has 0 heterocycles. The van der Waals surface area contributed by atoms with Gasteiger partial charge in [0.25, 0.3) is 0 Å². The van der Waals surface area contributed by atoms with Crippen molar-refractivity contribution in [1.82, 2.24) is 10.6 Å². The second-order valence-electron chi connectivity index (χ2n) is 19.0. The Morgan fingerprint density at radius 3 is 1.05 bits per heavy atom. The number of carbonyl (C=O) groups is 2. The second kappa shape index (κ2) is 26.9. The summed E-state index contributed by atoms with van der Waals surface area (Å²) in [5, 5.41) is 37.5. The molecule has 0 bridgehead atoms. The zero-order valence-corrected chi connectivity index (χ0v) is 40.4. The van der Waals surface area contributed by atoms with Crippen molar-refractivity contribution in [2.75, 3.05) is 0 Å². The van der Waals surface area contributed by atoms with Crippen LogP contribution in [0, 0.1) is 5.41 Å². The fraction of sp³-hybridized carbons (Fsp3) is 0.614. The van der Waals surface area contributed by atoms with E-state index < -0.39 is 28.7 Å². The van der Waals surface area contributed by atoms with Crippen LogP contribution in [0.1, 0.15) is 219 Å². The van der Waals surface area contributed by atoms with Crippen LogP contribution in [0.4, 0.5) is 0 Å². The van der Waals surface area contributed by atoms with Gasteiger partial charge in [-0.15, -0.1) is 0 Å². The summed E-state index contributed by atoms with van der Waals surface area (Å²) in [5.41, 5.74) is -2.13. The molecule has 0 saturated heterocycles. The maximum Gasteiger partial charge on any atom is 0.236 e. The highest BCUT2D eigenvalue weighted by Crippen LogP contribution is 2.43. The molecule has 2 amide bonds. The Morgan fingerprint density at radius 2 is 0.730 bits per heavy atom. The van der Waals surface area contributed by atoms with Gasteiger partial charge in [0.05, 0.1) is 23.3 Å². The van der Waals surface area contributed by atoms with Gasteiger partial charge in [-0.3, -0.25) is 9.59 Å². The van der Waals surface area contributed by atoms with Crippen molar-refractivity contribution in [3.63, 3.8) is 0 Å². The number of hydrogen-bond donors (Lipinski definition) is 4. The molecule has 0 spiro atoms. The Bertz CT molecular complexity index is 1760. The van der Waals surface area contributed by atoms with Crippen LogP contribution >= 0.6 is 0 Å². The summed E-state index contributed by atoms with van der Waals surface area (Å²) in [5.74, 6) is -0.679. The number of rotatable bonds is 32. The molecule has 0 aromatic heterocycles. The van der Waals surface area contributed by atoms with Gasteiger partial charge in [0.15, 0.2) is 0 Å². The minimum Gasteiger partial charge on any atom is -0.387 e. The Kier molecular flexibility index (Phi) is 22.2. The lowest BCUT2D eigenvalue weighted by Gasteiger charge is -2.43. The molecule has 6 heteroatoms. The van der Waals surface area contributed by atoms with Crippen molar-refractivity contribution in [3.8, 4) is 0 Å². The number of hydrogen-bond acceptors (Lipinski definition) is 4. The van der Waals surface area contributed by atoms with Crippen LogP contribution in [0.5, 0.6) is 0 Å². The largest absolute Gasteiger partial charge is 0.387 e. The van der Waals surface area contributed by atoms with E-state index in [9.17, 15) is 10.2 Å². The SMILES string of the molecule is CCCCCCC(O)(CCCCCC)[C@@H](NC(=O)C(CCC)(CCC)C(=O)N[C@@H](c1cccc2ccccc12)C(O)(CCCCCC)CCCCCC)c1cccc2ccccc12. The average molecular weight is 863 g/mol. The van der Waals surface area contributed by atoms with E-state index in [1.807, 2.05) is 50.2 Å². The first-order valence-electron chi connectivity index (χ1n) is 25.6. The van der Waals surface area contributed by atoms with E-state index in [-0.39, 0.29) is 11.8 Å². The second-order valence-corrected chi connectivity index (χ2v) is 19.0. The molecule has 4 aromatic rings. The van der Waals surface area contributed by atoms with E-state index in [1.165, 1.54) is 0 Å². The van der Waals surface area contributed by atoms with Crippen LogP contribution < -0.4 is 10.6 Å². The van der Waals surface area contributed by atoms with Crippen molar-refractivity contribution in [3.05, 3.63) is 96.1 Å². The van der Waals surface area contributed by atoms with Crippen LogP contribution in [-0.4, -0.2) is 33.2 Å². The van der Waals surface area contributed by atoms with E-state index >= 15 is 9.59 Å². The third-order valence-electron chi connectivity index (χ3n) is 14.0. The molecule has 0 aliphatic carbocycles. The fourth-order valence-electron chi connectivity index (χ4n) is 10.3. The minimum atomic E-state index is -1.44. The van der Waals surface area contributed by atoms with E-state index in [4.69, 9.17) is 0 Å². The summed E-state index contributed by atoms with van der Waals surface area (Å²) in [6.07, 6.45) is 20.4. The lowest BCUT2D eigenvalue weighted by Crippen LogP contribution is -2.57. The van der Waals surface area contributed by atoms with E-state index in [0.29, 0.717) is 51.4 Å². The first-order chi connectivity index (χ1) is 30.6. The van der Waals surface area contributed by atoms with Gasteiger partial charge >= 0.3 is 0 Å². The van der Waals surface area contributed by atoms with Crippen molar-refractivity contribution in [2.24, 2.45) is 5.41 Å². The highest BCUT2D eigenvalue weighted by Gasteiger charge is 2.50. The van der Waals surface area contributed by atoms with Crippen LogP contribution in [0.2, 0.25) is 0 Å². The minimum absolute atomic E-state index is 0.340. The topological polar surface area (TPSA) is 98.7 Å². The lowest BCUT2D eigenvalue weighted by atomic mass is 9.73. The van der Waals surface area contributed by atoms with Crippen LogP contribution in [0.3, 0.4) is 0 Å². The van der Waals surface area contributed by atoms with Crippen LogP contribution in [0.25, 0.3) is 21.5 Å². The number of carbonyl (C=O) groups excluding carboxylic acids is 2. The van der Waals surface area contributed by atoms with Gasteiger partial charge in [-0.2, -0.15) is 0 Å². The molecule has 6 nitrogen and oxygen atoms in total. The Morgan fingerprint density at radius 1 is 0.413 bits per heavy atom.